The molecule has 0 atom stereocenters. The molecule has 7 heteroatoms. The second-order valence-corrected chi connectivity index (χ2v) is 9.46. The van der Waals surface area contributed by atoms with Crippen molar-refractivity contribution in [1.29, 1.82) is 0 Å². The van der Waals surface area contributed by atoms with Crippen LogP contribution in [-0.2, 0) is 19.6 Å². The molecule has 2 heterocycles. The van der Waals surface area contributed by atoms with Gasteiger partial charge in [0.2, 0.25) is 0 Å². The van der Waals surface area contributed by atoms with Crippen LogP contribution in [0.3, 0.4) is 0 Å². The van der Waals surface area contributed by atoms with Crippen LogP contribution in [-0.4, -0.2) is 58.2 Å². The average Bonchev–Trinajstić information content (AvgIpc) is 3.13. The highest BCUT2D eigenvalue weighted by molar-refractivity contribution is 6.33. The first-order valence-corrected chi connectivity index (χ1v) is 12.4. The molecule has 0 spiro atoms. The van der Waals surface area contributed by atoms with Gasteiger partial charge in [-0.05, 0) is 37.1 Å². The number of aromatic nitrogens is 2. The Hall–Kier alpha value is -2.67. The van der Waals surface area contributed by atoms with Crippen molar-refractivity contribution < 1.29 is 4.79 Å². The molecule has 1 saturated heterocycles. The van der Waals surface area contributed by atoms with Gasteiger partial charge in [-0.3, -0.25) is 9.69 Å². The molecule has 4 rings (SSSR count). The van der Waals surface area contributed by atoms with E-state index in [1.54, 1.807) is 4.68 Å². The van der Waals surface area contributed by atoms with Gasteiger partial charge in [0.15, 0.2) is 0 Å². The molecule has 1 N–H and O–H groups in total. The van der Waals surface area contributed by atoms with E-state index in [1.807, 2.05) is 6.92 Å². The predicted octanol–water partition coefficient (Wildman–Crippen LogP) is 4.27. The lowest BCUT2D eigenvalue weighted by Crippen LogP contribution is -2.45. The summed E-state index contributed by atoms with van der Waals surface area (Å²) in [6.45, 7) is 13.7. The topological polar surface area (TPSA) is 53.4 Å². The maximum atomic E-state index is 12.9. The van der Waals surface area contributed by atoms with Crippen LogP contribution < -0.4 is 5.32 Å². The van der Waals surface area contributed by atoms with Gasteiger partial charge in [0.05, 0.1) is 17.8 Å². The summed E-state index contributed by atoms with van der Waals surface area (Å²) < 4.78 is 1.69. The smallest absolute Gasteiger partial charge is 0.256 e. The van der Waals surface area contributed by atoms with Gasteiger partial charge in [0.25, 0.3) is 5.91 Å². The number of carbonyl (C=O) groups excluding carboxylic acids is 1. The number of nitrogens with zero attached hydrogens (tertiary/aromatic N) is 4. The largest absolute Gasteiger partial charge is 0.348 e. The van der Waals surface area contributed by atoms with Crippen molar-refractivity contribution in [2.75, 3.05) is 32.7 Å². The summed E-state index contributed by atoms with van der Waals surface area (Å²) in [6.07, 6.45) is 0. The van der Waals surface area contributed by atoms with Gasteiger partial charge in [-0.1, -0.05) is 72.6 Å². The van der Waals surface area contributed by atoms with Crippen LogP contribution in [0.15, 0.2) is 48.5 Å². The second-order valence-electron chi connectivity index (χ2n) is 9.10. The van der Waals surface area contributed by atoms with Crippen molar-refractivity contribution in [3.8, 4) is 0 Å². The fraction of sp³-hybridized carbons (Fsp3) is 0.407. The first-order chi connectivity index (χ1) is 16.4. The summed E-state index contributed by atoms with van der Waals surface area (Å²) >= 11 is 6.55. The fourth-order valence-electron chi connectivity index (χ4n) is 4.34. The SMILES string of the molecule is CCN1CCN(Cc2ccc(CNC(=O)c3c(C)nn(Cc4ccc(C)cc4)c3Cl)cc2)CC1. The predicted molar refractivity (Wildman–Crippen MR) is 137 cm³/mol. The minimum Gasteiger partial charge on any atom is -0.348 e. The lowest BCUT2D eigenvalue weighted by atomic mass is 10.1. The van der Waals surface area contributed by atoms with E-state index in [9.17, 15) is 4.79 Å². The van der Waals surface area contributed by atoms with Gasteiger partial charge < -0.3 is 10.2 Å². The van der Waals surface area contributed by atoms with E-state index >= 15 is 0 Å². The molecule has 180 valence electrons. The Kier molecular flexibility index (Phi) is 8.03. The Bertz CT molecular complexity index is 1100. The second kappa shape index (κ2) is 11.2. The summed E-state index contributed by atoms with van der Waals surface area (Å²) in [7, 11) is 0. The van der Waals surface area contributed by atoms with Gasteiger partial charge in [-0.15, -0.1) is 0 Å². The van der Waals surface area contributed by atoms with Gasteiger partial charge in [0, 0.05) is 39.3 Å². The van der Waals surface area contributed by atoms with Crippen molar-refractivity contribution in [1.82, 2.24) is 24.9 Å². The highest BCUT2D eigenvalue weighted by Gasteiger charge is 2.20. The Labute approximate surface area is 207 Å². The van der Waals surface area contributed by atoms with E-state index in [-0.39, 0.29) is 5.91 Å². The molecule has 1 aliphatic heterocycles. The molecule has 6 nitrogen and oxygen atoms in total. The van der Waals surface area contributed by atoms with E-state index in [0.717, 1.165) is 50.4 Å². The standard InChI is InChI=1S/C27H34ClN5O/c1-4-31-13-15-32(16-14-31)18-23-11-9-22(10-12-23)17-29-27(34)25-21(3)30-33(26(25)28)19-24-7-5-20(2)6-8-24/h5-12H,4,13-19H2,1-3H3,(H,29,34). The molecule has 0 saturated carbocycles. The zero-order valence-corrected chi connectivity index (χ0v) is 21.1. The molecule has 0 unspecified atom stereocenters. The monoisotopic (exact) mass is 479 g/mol. The molecule has 1 aromatic heterocycles. The zero-order valence-electron chi connectivity index (χ0n) is 20.4. The van der Waals surface area contributed by atoms with E-state index in [0.29, 0.717) is 29.5 Å². The Morgan fingerprint density at radius 2 is 1.44 bits per heavy atom. The maximum Gasteiger partial charge on any atom is 0.256 e. The minimum atomic E-state index is -0.199. The van der Waals surface area contributed by atoms with Crippen LogP contribution in [0.25, 0.3) is 0 Å². The normalized spacial score (nSPS) is 14.9. The van der Waals surface area contributed by atoms with Crippen molar-refractivity contribution in [2.45, 2.75) is 40.4 Å². The van der Waals surface area contributed by atoms with Crippen LogP contribution >= 0.6 is 11.6 Å². The highest BCUT2D eigenvalue weighted by atomic mass is 35.5. The van der Waals surface area contributed by atoms with Crippen LogP contribution in [0.2, 0.25) is 5.15 Å². The molecule has 0 radical (unpaired) electrons. The molecule has 2 aromatic carbocycles. The quantitative estimate of drug-likeness (QED) is 0.524. The number of benzene rings is 2. The van der Waals surface area contributed by atoms with Crippen LogP contribution in [0.5, 0.6) is 0 Å². The van der Waals surface area contributed by atoms with Crippen molar-refractivity contribution in [2.24, 2.45) is 0 Å². The summed E-state index contributed by atoms with van der Waals surface area (Å²) in [6, 6.07) is 16.7. The minimum absolute atomic E-state index is 0.199. The number of hydrogen-bond acceptors (Lipinski definition) is 4. The first-order valence-electron chi connectivity index (χ1n) is 12.0. The third-order valence-electron chi connectivity index (χ3n) is 6.54. The molecule has 34 heavy (non-hydrogen) atoms. The Morgan fingerprint density at radius 1 is 0.882 bits per heavy atom. The van der Waals surface area contributed by atoms with Crippen molar-refractivity contribution in [3.63, 3.8) is 0 Å². The van der Waals surface area contributed by atoms with E-state index in [1.165, 1.54) is 11.1 Å². The number of likely N-dealkylation sites (N-methyl/N-ethyl adjacent to an activating group) is 1. The molecular formula is C27H34ClN5O. The van der Waals surface area contributed by atoms with Crippen molar-refractivity contribution in [3.05, 3.63) is 87.2 Å². The van der Waals surface area contributed by atoms with Crippen LogP contribution in [0, 0.1) is 13.8 Å². The third kappa shape index (κ3) is 6.06. The first kappa shape index (κ1) is 24.5. The van der Waals surface area contributed by atoms with E-state index in [4.69, 9.17) is 11.6 Å². The number of carbonyl (C=O) groups is 1. The van der Waals surface area contributed by atoms with Crippen molar-refractivity contribution >= 4 is 17.5 Å². The van der Waals surface area contributed by atoms with E-state index in [2.05, 4.69) is 82.6 Å². The van der Waals surface area contributed by atoms with Gasteiger partial charge in [0.1, 0.15) is 5.15 Å². The molecule has 0 aliphatic carbocycles. The number of rotatable bonds is 8. The molecular weight excluding hydrogens is 446 g/mol. The van der Waals surface area contributed by atoms with Crippen LogP contribution in [0.1, 0.15) is 45.2 Å². The van der Waals surface area contributed by atoms with Gasteiger partial charge in [-0.2, -0.15) is 5.10 Å². The molecule has 3 aromatic rings. The van der Waals surface area contributed by atoms with Gasteiger partial charge >= 0.3 is 0 Å². The molecule has 1 aliphatic rings. The highest BCUT2D eigenvalue weighted by Crippen LogP contribution is 2.21. The number of nitrogens with one attached hydrogen (secondary N) is 1. The summed E-state index contributed by atoms with van der Waals surface area (Å²) in [5.74, 6) is -0.199. The number of hydrogen-bond donors (Lipinski definition) is 1. The van der Waals surface area contributed by atoms with E-state index < -0.39 is 0 Å². The lowest BCUT2D eigenvalue weighted by Gasteiger charge is -2.34. The fourth-order valence-corrected chi connectivity index (χ4v) is 4.66. The van der Waals surface area contributed by atoms with Crippen LogP contribution in [0.4, 0.5) is 0 Å². The number of piperazine rings is 1. The lowest BCUT2D eigenvalue weighted by molar-refractivity contribution is 0.0950. The maximum absolute atomic E-state index is 12.9. The molecule has 1 amide bonds. The molecule has 0 bridgehead atoms. The number of amides is 1. The zero-order chi connectivity index (χ0) is 24.1. The average molecular weight is 480 g/mol. The summed E-state index contributed by atoms with van der Waals surface area (Å²) in [5, 5.41) is 7.87. The third-order valence-corrected chi connectivity index (χ3v) is 6.92. The number of halogens is 1. The Morgan fingerprint density at radius 3 is 2.09 bits per heavy atom. The molecule has 1 fully saturated rings. The number of aryl methyl sites for hydroxylation is 2. The summed E-state index contributed by atoms with van der Waals surface area (Å²) in [5.41, 5.74) is 5.73. The Balaban J connectivity index is 1.32. The summed E-state index contributed by atoms with van der Waals surface area (Å²) in [4.78, 5) is 17.9. The van der Waals surface area contributed by atoms with Gasteiger partial charge in [-0.25, -0.2) is 4.68 Å².